The molecule has 0 saturated carbocycles. The summed E-state index contributed by atoms with van der Waals surface area (Å²) in [4.78, 5) is 21.3. The summed E-state index contributed by atoms with van der Waals surface area (Å²) in [7, 11) is -3.55. The van der Waals surface area contributed by atoms with Gasteiger partial charge in [-0.05, 0) is 47.2 Å². The van der Waals surface area contributed by atoms with Gasteiger partial charge in [-0.2, -0.15) is 0 Å². The maximum atomic E-state index is 12.9. The Morgan fingerprint density at radius 2 is 1.73 bits per heavy atom. The van der Waals surface area contributed by atoms with Crippen LogP contribution in [0.25, 0.3) is 16.4 Å². The van der Waals surface area contributed by atoms with Gasteiger partial charge in [0.05, 0.1) is 10.6 Å². The van der Waals surface area contributed by atoms with Gasteiger partial charge in [0.15, 0.2) is 9.84 Å². The molecule has 0 unspecified atom stereocenters. The number of amides is 1. The van der Waals surface area contributed by atoms with Crippen LogP contribution in [-0.4, -0.2) is 60.5 Å². The summed E-state index contributed by atoms with van der Waals surface area (Å²) in [6.07, 6.45) is 3.68. The van der Waals surface area contributed by atoms with Crippen LogP contribution in [0.1, 0.15) is 6.42 Å². The minimum Gasteiger partial charge on any atom is -0.354 e. The smallest absolute Gasteiger partial charge is 0.223 e. The van der Waals surface area contributed by atoms with Crippen molar-refractivity contribution in [2.24, 2.45) is 0 Å². The Hall–Kier alpha value is -2.91. The number of imidazole rings is 1. The Kier molecular flexibility index (Phi) is 5.84. The molecule has 170 valence electrons. The number of benzene rings is 2. The number of aromatic nitrogens is 2. The fourth-order valence-electron chi connectivity index (χ4n) is 4.26. The van der Waals surface area contributed by atoms with Crippen molar-refractivity contribution in [2.45, 2.75) is 11.3 Å². The number of nitrogens with zero attached hydrogens (tertiary/aromatic N) is 4. The second kappa shape index (κ2) is 8.79. The zero-order valence-corrected chi connectivity index (χ0v) is 20.3. The van der Waals surface area contributed by atoms with Crippen LogP contribution in [0.2, 0.25) is 0 Å². The molecule has 5 rings (SSSR count). The quantitative estimate of drug-likeness (QED) is 0.395. The monoisotopic (exact) mass is 526 g/mol. The maximum Gasteiger partial charge on any atom is 0.223 e. The first-order valence-electron chi connectivity index (χ1n) is 10.8. The third-order valence-corrected chi connectivity index (χ3v) is 8.29. The van der Waals surface area contributed by atoms with Gasteiger partial charge >= 0.3 is 0 Å². The van der Waals surface area contributed by atoms with E-state index in [1.54, 1.807) is 29.3 Å². The average Bonchev–Trinajstić information content (AvgIpc) is 3.31. The van der Waals surface area contributed by atoms with E-state index in [2.05, 4.69) is 25.8 Å². The zero-order chi connectivity index (χ0) is 23.0. The molecular weight excluding hydrogens is 504 g/mol. The van der Waals surface area contributed by atoms with E-state index in [-0.39, 0.29) is 23.0 Å². The van der Waals surface area contributed by atoms with Gasteiger partial charge in [-0.15, -0.1) is 0 Å². The SMILES string of the molecule is O=C(CCS(=O)(=O)c1ccc2cc(Br)ccc2c1)N1CCN(c2cccc3nccn23)CC1. The van der Waals surface area contributed by atoms with Crippen LogP contribution in [0.15, 0.2) is 76.4 Å². The Bertz CT molecular complexity index is 1440. The number of piperazine rings is 1. The molecule has 0 N–H and O–H groups in total. The molecule has 0 spiro atoms. The summed E-state index contributed by atoms with van der Waals surface area (Å²) in [6, 6.07) is 16.8. The number of rotatable bonds is 5. The van der Waals surface area contributed by atoms with Gasteiger partial charge in [-0.25, -0.2) is 13.4 Å². The molecule has 4 aromatic rings. The second-order valence-electron chi connectivity index (χ2n) is 8.13. The van der Waals surface area contributed by atoms with Gasteiger partial charge in [0.2, 0.25) is 5.91 Å². The number of hydrogen-bond donors (Lipinski definition) is 0. The fourth-order valence-corrected chi connectivity index (χ4v) is 5.90. The third kappa shape index (κ3) is 4.47. The summed E-state index contributed by atoms with van der Waals surface area (Å²) in [6.45, 7) is 2.51. The molecule has 7 nitrogen and oxygen atoms in total. The van der Waals surface area contributed by atoms with Gasteiger partial charge in [0.1, 0.15) is 11.5 Å². The largest absolute Gasteiger partial charge is 0.354 e. The summed E-state index contributed by atoms with van der Waals surface area (Å²) in [5.41, 5.74) is 0.887. The van der Waals surface area contributed by atoms with Crippen LogP contribution < -0.4 is 4.90 Å². The first kappa shape index (κ1) is 21.9. The maximum absolute atomic E-state index is 12.9. The molecule has 0 atom stereocenters. The molecule has 1 saturated heterocycles. The highest BCUT2D eigenvalue weighted by Crippen LogP contribution is 2.24. The normalized spacial score (nSPS) is 14.8. The fraction of sp³-hybridized carbons (Fsp3) is 0.250. The molecule has 33 heavy (non-hydrogen) atoms. The number of halogens is 1. The number of sulfone groups is 1. The number of hydrogen-bond acceptors (Lipinski definition) is 5. The second-order valence-corrected chi connectivity index (χ2v) is 11.2. The molecule has 0 bridgehead atoms. The summed E-state index contributed by atoms with van der Waals surface area (Å²) >= 11 is 3.43. The molecule has 1 aliphatic heterocycles. The van der Waals surface area contributed by atoms with E-state index in [0.29, 0.717) is 26.2 Å². The van der Waals surface area contributed by atoms with Crippen LogP contribution in [-0.2, 0) is 14.6 Å². The van der Waals surface area contributed by atoms with Gasteiger partial charge in [0, 0.05) is 49.5 Å². The lowest BCUT2D eigenvalue weighted by Gasteiger charge is -2.36. The van der Waals surface area contributed by atoms with Crippen LogP contribution in [0.3, 0.4) is 0 Å². The minimum absolute atomic E-state index is 0.0161. The third-order valence-electron chi connectivity index (χ3n) is 6.08. The number of carbonyl (C=O) groups excluding carboxylic acids is 1. The van der Waals surface area contributed by atoms with Gasteiger partial charge in [-0.3, -0.25) is 9.20 Å². The van der Waals surface area contributed by atoms with Crippen molar-refractivity contribution in [2.75, 3.05) is 36.8 Å². The molecule has 1 aliphatic rings. The van der Waals surface area contributed by atoms with E-state index in [9.17, 15) is 13.2 Å². The lowest BCUT2D eigenvalue weighted by molar-refractivity contribution is -0.131. The van der Waals surface area contributed by atoms with Crippen LogP contribution in [0, 0.1) is 0 Å². The molecule has 1 amide bonds. The van der Waals surface area contributed by atoms with E-state index in [1.807, 2.05) is 47.0 Å². The van der Waals surface area contributed by atoms with Gasteiger partial charge in [0.25, 0.3) is 0 Å². The summed E-state index contributed by atoms with van der Waals surface area (Å²) in [5, 5.41) is 1.82. The highest BCUT2D eigenvalue weighted by molar-refractivity contribution is 9.10. The summed E-state index contributed by atoms with van der Waals surface area (Å²) in [5.74, 6) is 0.731. The molecule has 2 aromatic heterocycles. The topological polar surface area (TPSA) is 75.0 Å². The Morgan fingerprint density at radius 1 is 0.970 bits per heavy atom. The minimum atomic E-state index is -3.55. The Morgan fingerprint density at radius 3 is 2.55 bits per heavy atom. The number of anilines is 1. The van der Waals surface area contributed by atoms with E-state index < -0.39 is 9.84 Å². The first-order valence-corrected chi connectivity index (χ1v) is 13.2. The highest BCUT2D eigenvalue weighted by Gasteiger charge is 2.24. The van der Waals surface area contributed by atoms with Crippen molar-refractivity contribution >= 4 is 53.9 Å². The van der Waals surface area contributed by atoms with Crippen molar-refractivity contribution in [1.29, 1.82) is 0 Å². The number of pyridine rings is 1. The predicted octanol–water partition coefficient (Wildman–Crippen LogP) is 3.76. The molecule has 2 aromatic carbocycles. The molecular formula is C24H23BrN4O3S. The van der Waals surface area contributed by atoms with Crippen molar-refractivity contribution in [3.05, 3.63) is 71.5 Å². The van der Waals surface area contributed by atoms with Crippen LogP contribution >= 0.6 is 15.9 Å². The predicted molar refractivity (Wildman–Crippen MR) is 132 cm³/mol. The van der Waals surface area contributed by atoms with E-state index in [0.717, 1.165) is 26.7 Å². The van der Waals surface area contributed by atoms with Crippen molar-refractivity contribution in [3.63, 3.8) is 0 Å². The average molecular weight is 527 g/mol. The Balaban J connectivity index is 1.21. The molecule has 0 radical (unpaired) electrons. The zero-order valence-electron chi connectivity index (χ0n) is 17.9. The van der Waals surface area contributed by atoms with E-state index in [1.165, 1.54) is 0 Å². The van der Waals surface area contributed by atoms with Crippen LogP contribution in [0.5, 0.6) is 0 Å². The standard InChI is InChI=1S/C24H23BrN4O3S/c25-20-6-4-19-17-21(7-5-18(19)16-20)33(31,32)15-8-24(30)28-13-11-27(12-14-28)23-3-1-2-22-26-9-10-29(22)23/h1-7,9-10,16-17H,8,11-15H2. The lowest BCUT2D eigenvalue weighted by Crippen LogP contribution is -2.49. The van der Waals surface area contributed by atoms with Crippen molar-refractivity contribution < 1.29 is 13.2 Å². The lowest BCUT2D eigenvalue weighted by atomic mass is 10.1. The van der Waals surface area contributed by atoms with Gasteiger partial charge in [-0.1, -0.05) is 34.1 Å². The first-order chi connectivity index (χ1) is 15.9. The highest BCUT2D eigenvalue weighted by atomic mass is 79.9. The van der Waals surface area contributed by atoms with E-state index >= 15 is 0 Å². The number of fused-ring (bicyclic) bond motifs is 2. The molecule has 0 aliphatic carbocycles. The van der Waals surface area contributed by atoms with Gasteiger partial charge < -0.3 is 9.80 Å². The van der Waals surface area contributed by atoms with Crippen molar-refractivity contribution in [1.82, 2.24) is 14.3 Å². The van der Waals surface area contributed by atoms with Crippen molar-refractivity contribution in [3.8, 4) is 0 Å². The van der Waals surface area contributed by atoms with Crippen LogP contribution in [0.4, 0.5) is 5.82 Å². The Labute approximate surface area is 200 Å². The summed E-state index contributed by atoms with van der Waals surface area (Å²) < 4.78 is 28.7. The number of carbonyl (C=O) groups is 1. The van der Waals surface area contributed by atoms with E-state index in [4.69, 9.17) is 0 Å². The molecule has 1 fully saturated rings. The molecule has 9 heteroatoms. The molecule has 3 heterocycles.